The van der Waals surface area contributed by atoms with Crippen LogP contribution in [-0.2, 0) is 12.0 Å². The molecule has 0 amide bonds. The molecule has 3 aromatic heterocycles. The van der Waals surface area contributed by atoms with Gasteiger partial charge in [-0.25, -0.2) is 14.4 Å². The number of nitrogens with zero attached hydrogens (tertiary/aromatic N) is 5. The van der Waals surface area contributed by atoms with Gasteiger partial charge >= 0.3 is 0 Å². The lowest BCUT2D eigenvalue weighted by Crippen LogP contribution is -2.25. The van der Waals surface area contributed by atoms with E-state index in [9.17, 15) is 9.50 Å². The first-order valence-corrected chi connectivity index (χ1v) is 12.0. The van der Waals surface area contributed by atoms with Crippen LogP contribution < -0.4 is 10.1 Å². The van der Waals surface area contributed by atoms with Gasteiger partial charge in [-0.1, -0.05) is 36.4 Å². The van der Waals surface area contributed by atoms with Crippen molar-refractivity contribution in [1.82, 2.24) is 24.5 Å². The molecule has 0 atom stereocenters. The maximum absolute atomic E-state index is 13.9. The normalized spacial score (nSPS) is 13.9. The summed E-state index contributed by atoms with van der Waals surface area (Å²) < 4.78 is 21.7. The molecule has 186 valence electrons. The highest BCUT2D eigenvalue weighted by atomic mass is 19.1. The molecule has 9 heteroatoms. The number of hydrogen-bond donors (Lipinski definition) is 2. The van der Waals surface area contributed by atoms with Crippen LogP contribution in [0.25, 0.3) is 33.7 Å². The highest BCUT2D eigenvalue weighted by Crippen LogP contribution is 2.37. The van der Waals surface area contributed by atoms with Crippen LogP contribution in [0.4, 0.5) is 10.2 Å². The molecule has 2 N–H and O–H groups in total. The van der Waals surface area contributed by atoms with Gasteiger partial charge in [-0.2, -0.15) is 4.98 Å². The Morgan fingerprint density at radius 1 is 1.03 bits per heavy atom. The van der Waals surface area contributed by atoms with Gasteiger partial charge in [0.15, 0.2) is 22.8 Å². The van der Waals surface area contributed by atoms with Crippen molar-refractivity contribution in [3.8, 4) is 34.3 Å². The van der Waals surface area contributed by atoms with Gasteiger partial charge in [-0.15, -0.1) is 0 Å². The van der Waals surface area contributed by atoms with Gasteiger partial charge in [0, 0.05) is 23.9 Å². The van der Waals surface area contributed by atoms with E-state index in [0.29, 0.717) is 54.0 Å². The number of fused-ring (bicyclic) bond motifs is 3. The van der Waals surface area contributed by atoms with Crippen molar-refractivity contribution in [1.29, 1.82) is 0 Å². The maximum atomic E-state index is 13.9. The van der Waals surface area contributed by atoms with Crippen molar-refractivity contribution < 1.29 is 14.2 Å². The molecule has 8 nitrogen and oxygen atoms in total. The Hall–Kier alpha value is -4.53. The van der Waals surface area contributed by atoms with Gasteiger partial charge in [-0.3, -0.25) is 9.55 Å². The molecule has 0 aliphatic carbocycles. The topological polar surface area (TPSA) is 98.0 Å². The number of aromatic nitrogens is 5. The fourth-order valence-corrected chi connectivity index (χ4v) is 4.59. The Bertz CT molecular complexity index is 1620. The number of pyridine rings is 1. The zero-order valence-electron chi connectivity index (χ0n) is 20.4. The number of anilines is 1. The molecule has 6 rings (SSSR count). The van der Waals surface area contributed by atoms with Gasteiger partial charge in [0.2, 0.25) is 0 Å². The Morgan fingerprint density at radius 2 is 1.86 bits per heavy atom. The van der Waals surface area contributed by atoms with Crippen LogP contribution in [0.1, 0.15) is 19.4 Å². The average molecular weight is 497 g/mol. The van der Waals surface area contributed by atoms with E-state index < -0.39 is 5.82 Å². The van der Waals surface area contributed by atoms with E-state index in [4.69, 9.17) is 9.72 Å². The van der Waals surface area contributed by atoms with Crippen LogP contribution >= 0.6 is 0 Å². The number of rotatable bonds is 6. The van der Waals surface area contributed by atoms with E-state index in [1.165, 1.54) is 6.07 Å². The van der Waals surface area contributed by atoms with Crippen LogP contribution in [0.5, 0.6) is 11.8 Å². The summed E-state index contributed by atoms with van der Waals surface area (Å²) in [6.07, 6.45) is 3.37. The molecule has 0 fully saturated rings. The van der Waals surface area contributed by atoms with Gasteiger partial charge in [0.25, 0.3) is 6.01 Å². The van der Waals surface area contributed by atoms with E-state index in [1.54, 1.807) is 12.3 Å². The average Bonchev–Trinajstić information content (AvgIpc) is 3.42. The van der Waals surface area contributed by atoms with Crippen molar-refractivity contribution in [3.63, 3.8) is 0 Å². The van der Waals surface area contributed by atoms with E-state index in [2.05, 4.69) is 34.1 Å². The Labute approximate surface area is 212 Å². The molecule has 1 aliphatic rings. The van der Waals surface area contributed by atoms with Crippen molar-refractivity contribution in [2.45, 2.75) is 25.8 Å². The summed E-state index contributed by atoms with van der Waals surface area (Å²) in [5, 5.41) is 13.8. The first kappa shape index (κ1) is 22.9. The molecule has 0 spiro atoms. The van der Waals surface area contributed by atoms with Crippen molar-refractivity contribution in [2.75, 3.05) is 18.5 Å². The lowest BCUT2D eigenvalue weighted by atomic mass is 10.0. The van der Waals surface area contributed by atoms with E-state index in [0.717, 1.165) is 22.9 Å². The van der Waals surface area contributed by atoms with Crippen LogP contribution in [-0.4, -0.2) is 42.8 Å². The van der Waals surface area contributed by atoms with E-state index >= 15 is 0 Å². The third-order valence-corrected chi connectivity index (χ3v) is 6.45. The Morgan fingerprint density at radius 3 is 2.68 bits per heavy atom. The summed E-state index contributed by atoms with van der Waals surface area (Å²) in [6, 6.07) is 17.2. The van der Waals surface area contributed by atoms with Gasteiger partial charge in [0.1, 0.15) is 18.2 Å². The van der Waals surface area contributed by atoms with E-state index in [-0.39, 0.29) is 11.3 Å². The number of imidazole rings is 1. The summed E-state index contributed by atoms with van der Waals surface area (Å²) in [7, 11) is 0. The van der Waals surface area contributed by atoms with Crippen LogP contribution in [0.3, 0.4) is 0 Å². The number of benzene rings is 2. The predicted octanol–water partition coefficient (Wildman–Crippen LogP) is 5.18. The summed E-state index contributed by atoms with van der Waals surface area (Å²) in [4.78, 5) is 18.0. The standard InChI is InChI=1S/C28H25FN6O2/c1-28(2)16-37-27-32-23-25(33-24(34-26(23)35(27)28)19-13-20(29)15-30-14-19)31-11-10-17-8-9-22(36)21(12-17)18-6-4-3-5-7-18/h3-9,12-15,36H,10-11,16H2,1-2H3,(H,31,33,34). The van der Waals surface area contributed by atoms with Crippen molar-refractivity contribution in [2.24, 2.45) is 0 Å². The fraction of sp³-hybridized carbons (Fsp3) is 0.214. The molecular formula is C28H25FN6O2. The van der Waals surface area contributed by atoms with Gasteiger partial charge in [0.05, 0.1) is 11.7 Å². The number of phenolic OH excluding ortho intramolecular Hbond substituents is 1. The molecule has 37 heavy (non-hydrogen) atoms. The maximum Gasteiger partial charge on any atom is 0.299 e. The Kier molecular flexibility index (Phi) is 5.48. The molecule has 0 unspecified atom stereocenters. The minimum atomic E-state index is -0.459. The molecule has 0 saturated heterocycles. The number of ether oxygens (including phenoxy) is 1. The monoisotopic (exact) mass is 496 g/mol. The van der Waals surface area contributed by atoms with Crippen molar-refractivity contribution >= 4 is 17.0 Å². The molecule has 0 bridgehead atoms. The lowest BCUT2D eigenvalue weighted by Gasteiger charge is -2.18. The van der Waals surface area contributed by atoms with Crippen LogP contribution in [0.15, 0.2) is 67.0 Å². The predicted molar refractivity (Wildman–Crippen MR) is 139 cm³/mol. The largest absolute Gasteiger partial charge is 0.507 e. The smallest absolute Gasteiger partial charge is 0.299 e. The second kappa shape index (κ2) is 8.85. The summed E-state index contributed by atoms with van der Waals surface area (Å²) in [5.74, 6) is 0.666. The quantitative estimate of drug-likeness (QED) is 0.334. The highest BCUT2D eigenvalue weighted by Gasteiger charge is 2.36. The Balaban J connectivity index is 1.33. The minimum Gasteiger partial charge on any atom is -0.507 e. The zero-order chi connectivity index (χ0) is 25.6. The first-order valence-electron chi connectivity index (χ1n) is 12.0. The van der Waals surface area contributed by atoms with Gasteiger partial charge < -0.3 is 15.2 Å². The van der Waals surface area contributed by atoms with E-state index in [1.807, 2.05) is 47.0 Å². The number of aromatic hydroxyl groups is 1. The highest BCUT2D eigenvalue weighted by molar-refractivity contribution is 5.86. The molecule has 0 saturated carbocycles. The number of phenols is 1. The molecule has 5 aromatic rings. The SMILES string of the molecule is CC1(C)COc2nc3c(NCCc4ccc(O)c(-c5ccccc5)c4)nc(-c4cncc(F)c4)nc3n21. The number of halogens is 1. The zero-order valence-corrected chi connectivity index (χ0v) is 20.4. The molecular weight excluding hydrogens is 471 g/mol. The number of nitrogens with one attached hydrogen (secondary N) is 1. The third kappa shape index (κ3) is 4.22. The fourth-order valence-electron chi connectivity index (χ4n) is 4.59. The molecule has 0 radical (unpaired) electrons. The first-order chi connectivity index (χ1) is 17.9. The van der Waals surface area contributed by atoms with Crippen LogP contribution in [0, 0.1) is 5.82 Å². The van der Waals surface area contributed by atoms with Crippen molar-refractivity contribution in [3.05, 3.63) is 78.4 Å². The summed E-state index contributed by atoms with van der Waals surface area (Å²) in [6.45, 7) is 5.15. The molecule has 4 heterocycles. The third-order valence-electron chi connectivity index (χ3n) is 6.45. The van der Waals surface area contributed by atoms with Crippen LogP contribution in [0.2, 0.25) is 0 Å². The lowest BCUT2D eigenvalue weighted by molar-refractivity contribution is 0.268. The number of hydrogen-bond acceptors (Lipinski definition) is 7. The second-order valence-electron chi connectivity index (χ2n) is 9.69. The molecule has 2 aromatic carbocycles. The van der Waals surface area contributed by atoms with Gasteiger partial charge in [-0.05, 0) is 49.6 Å². The summed E-state index contributed by atoms with van der Waals surface area (Å²) in [5.41, 5.74) is 4.14. The molecule has 1 aliphatic heterocycles. The second-order valence-corrected chi connectivity index (χ2v) is 9.69. The minimum absolute atomic E-state index is 0.240. The summed E-state index contributed by atoms with van der Waals surface area (Å²) >= 11 is 0.